The molecule has 0 radical (unpaired) electrons. The van der Waals surface area contributed by atoms with E-state index < -0.39 is 5.91 Å². The summed E-state index contributed by atoms with van der Waals surface area (Å²) in [5, 5.41) is 12.3. The van der Waals surface area contributed by atoms with Crippen molar-refractivity contribution in [3.8, 4) is 17.6 Å². The van der Waals surface area contributed by atoms with Crippen LogP contribution in [0.4, 0.5) is 5.69 Å². The number of benzene rings is 2. The molecule has 5 heteroatoms. The number of ether oxygens (including phenoxy) is 2. The molecule has 0 aliphatic carbocycles. The van der Waals surface area contributed by atoms with Gasteiger partial charge in [0.2, 0.25) is 0 Å². The lowest BCUT2D eigenvalue weighted by atomic mass is 10.1. The van der Waals surface area contributed by atoms with Gasteiger partial charge in [-0.1, -0.05) is 31.5 Å². The first kappa shape index (κ1) is 21.0. The van der Waals surface area contributed by atoms with E-state index in [1.807, 2.05) is 38.1 Å². The Labute approximate surface area is 166 Å². The monoisotopic (exact) mass is 378 g/mol. The third-order valence-corrected chi connectivity index (χ3v) is 4.47. The van der Waals surface area contributed by atoms with Crippen LogP contribution >= 0.6 is 0 Å². The van der Waals surface area contributed by atoms with Gasteiger partial charge in [0.15, 0.2) is 11.5 Å². The molecule has 0 fully saturated rings. The van der Waals surface area contributed by atoms with Gasteiger partial charge in [0.05, 0.1) is 13.7 Å². The minimum atomic E-state index is -0.444. The van der Waals surface area contributed by atoms with E-state index in [1.165, 1.54) is 0 Å². The highest BCUT2D eigenvalue weighted by molar-refractivity contribution is 6.10. The van der Waals surface area contributed by atoms with Crippen LogP contribution in [0.15, 0.2) is 42.0 Å². The van der Waals surface area contributed by atoms with Gasteiger partial charge in [-0.2, -0.15) is 5.26 Å². The number of rotatable bonds is 8. The highest BCUT2D eigenvalue weighted by Gasteiger charge is 2.12. The van der Waals surface area contributed by atoms with Gasteiger partial charge in [0.25, 0.3) is 5.91 Å². The molecular weight excluding hydrogens is 352 g/mol. The Morgan fingerprint density at radius 1 is 1.21 bits per heavy atom. The van der Waals surface area contributed by atoms with Crippen molar-refractivity contribution in [2.24, 2.45) is 0 Å². The van der Waals surface area contributed by atoms with Crippen LogP contribution < -0.4 is 14.8 Å². The second-order valence-corrected chi connectivity index (χ2v) is 6.48. The molecule has 0 aromatic heterocycles. The molecule has 0 saturated carbocycles. The van der Waals surface area contributed by atoms with Crippen molar-refractivity contribution >= 4 is 17.7 Å². The van der Waals surface area contributed by atoms with Crippen LogP contribution in [0.1, 0.15) is 36.5 Å². The van der Waals surface area contributed by atoms with E-state index in [-0.39, 0.29) is 5.57 Å². The average Bonchev–Trinajstić information content (AvgIpc) is 2.70. The van der Waals surface area contributed by atoms with E-state index >= 15 is 0 Å². The van der Waals surface area contributed by atoms with Gasteiger partial charge in [0.1, 0.15) is 11.6 Å². The maximum Gasteiger partial charge on any atom is 0.266 e. The van der Waals surface area contributed by atoms with Crippen molar-refractivity contribution < 1.29 is 14.3 Å². The number of hydrogen-bond acceptors (Lipinski definition) is 4. The second kappa shape index (κ2) is 10.2. The number of carbonyl (C=O) groups is 1. The molecule has 0 spiro atoms. The standard InChI is InChI=1S/C23H26N2O3/c1-5-6-12-28-22-14-18(10-11-21(22)27-4)13-19(15-24)23(26)25-20-9-7-8-16(2)17(20)3/h7-11,13-14H,5-6,12H2,1-4H3,(H,25,26)/b19-13+. The summed E-state index contributed by atoms with van der Waals surface area (Å²) in [6, 6.07) is 13.0. The SMILES string of the molecule is CCCCOc1cc(/C=C(\C#N)C(=O)Nc2cccc(C)c2C)ccc1OC. The average molecular weight is 378 g/mol. The number of nitrogens with zero attached hydrogens (tertiary/aromatic N) is 1. The number of hydrogen-bond donors (Lipinski definition) is 1. The number of carbonyl (C=O) groups excluding carboxylic acids is 1. The Bertz CT molecular complexity index is 911. The van der Waals surface area contributed by atoms with Crippen molar-refractivity contribution in [2.75, 3.05) is 19.0 Å². The normalized spacial score (nSPS) is 10.9. The van der Waals surface area contributed by atoms with Crippen molar-refractivity contribution in [1.29, 1.82) is 5.26 Å². The maximum atomic E-state index is 12.6. The van der Waals surface area contributed by atoms with Gasteiger partial charge >= 0.3 is 0 Å². The maximum absolute atomic E-state index is 12.6. The van der Waals surface area contributed by atoms with Gasteiger partial charge < -0.3 is 14.8 Å². The topological polar surface area (TPSA) is 71.3 Å². The van der Waals surface area contributed by atoms with Gasteiger partial charge in [-0.05, 0) is 61.2 Å². The minimum absolute atomic E-state index is 0.0191. The zero-order chi connectivity index (χ0) is 20.5. The number of amides is 1. The Morgan fingerprint density at radius 2 is 2.00 bits per heavy atom. The van der Waals surface area contributed by atoms with E-state index in [0.29, 0.717) is 29.4 Å². The molecule has 28 heavy (non-hydrogen) atoms. The minimum Gasteiger partial charge on any atom is -0.493 e. The number of unbranched alkanes of at least 4 members (excludes halogenated alkanes) is 1. The third kappa shape index (κ3) is 5.37. The number of methoxy groups -OCH3 is 1. The fourth-order valence-electron chi connectivity index (χ4n) is 2.61. The largest absolute Gasteiger partial charge is 0.493 e. The first-order valence-electron chi connectivity index (χ1n) is 9.30. The first-order chi connectivity index (χ1) is 13.5. The smallest absolute Gasteiger partial charge is 0.266 e. The molecule has 0 aliphatic rings. The molecule has 1 amide bonds. The Morgan fingerprint density at radius 3 is 2.68 bits per heavy atom. The Hall–Kier alpha value is -3.26. The lowest BCUT2D eigenvalue weighted by molar-refractivity contribution is -0.112. The molecule has 0 bridgehead atoms. The highest BCUT2D eigenvalue weighted by Crippen LogP contribution is 2.29. The Kier molecular flexibility index (Phi) is 7.65. The summed E-state index contributed by atoms with van der Waals surface area (Å²) in [7, 11) is 1.58. The van der Waals surface area contributed by atoms with Gasteiger partial charge in [-0.15, -0.1) is 0 Å². The fourth-order valence-corrected chi connectivity index (χ4v) is 2.61. The van der Waals surface area contributed by atoms with Gasteiger partial charge in [-0.3, -0.25) is 4.79 Å². The molecule has 0 unspecified atom stereocenters. The highest BCUT2D eigenvalue weighted by atomic mass is 16.5. The summed E-state index contributed by atoms with van der Waals surface area (Å²) in [4.78, 5) is 12.6. The molecule has 2 rings (SSSR count). The predicted octanol–water partition coefficient (Wildman–Crippen LogP) is 5.04. The van der Waals surface area contributed by atoms with Crippen molar-refractivity contribution in [3.05, 3.63) is 58.7 Å². The van der Waals surface area contributed by atoms with E-state index in [2.05, 4.69) is 12.2 Å². The summed E-state index contributed by atoms with van der Waals surface area (Å²) in [5.41, 5.74) is 3.46. The molecule has 146 valence electrons. The third-order valence-electron chi connectivity index (χ3n) is 4.47. The predicted molar refractivity (Wildman–Crippen MR) is 112 cm³/mol. The van der Waals surface area contributed by atoms with Crippen molar-refractivity contribution in [1.82, 2.24) is 0 Å². The Balaban J connectivity index is 2.25. The second-order valence-electron chi connectivity index (χ2n) is 6.48. The molecular formula is C23H26N2O3. The van der Waals surface area contributed by atoms with E-state index in [4.69, 9.17) is 9.47 Å². The number of nitrogens with one attached hydrogen (secondary N) is 1. The number of anilines is 1. The molecule has 0 saturated heterocycles. The van der Waals surface area contributed by atoms with E-state index in [9.17, 15) is 10.1 Å². The summed E-state index contributed by atoms with van der Waals surface area (Å²) < 4.78 is 11.1. The summed E-state index contributed by atoms with van der Waals surface area (Å²) >= 11 is 0. The number of aryl methyl sites for hydroxylation is 1. The van der Waals surface area contributed by atoms with Gasteiger partial charge in [-0.25, -0.2) is 0 Å². The van der Waals surface area contributed by atoms with E-state index in [0.717, 1.165) is 24.0 Å². The fraction of sp³-hybridized carbons (Fsp3) is 0.304. The molecule has 2 aromatic carbocycles. The van der Waals surface area contributed by atoms with Crippen molar-refractivity contribution in [2.45, 2.75) is 33.6 Å². The zero-order valence-electron chi connectivity index (χ0n) is 16.8. The quantitative estimate of drug-likeness (QED) is 0.397. The summed E-state index contributed by atoms with van der Waals surface area (Å²) in [6.45, 7) is 6.58. The molecule has 0 aliphatic heterocycles. The molecule has 0 atom stereocenters. The number of nitriles is 1. The van der Waals surface area contributed by atoms with Crippen LogP contribution in [-0.2, 0) is 4.79 Å². The van der Waals surface area contributed by atoms with E-state index in [1.54, 1.807) is 31.4 Å². The summed E-state index contributed by atoms with van der Waals surface area (Å²) in [6.07, 6.45) is 3.51. The molecule has 2 aromatic rings. The van der Waals surface area contributed by atoms with Crippen LogP contribution in [0, 0.1) is 25.2 Å². The molecule has 1 N–H and O–H groups in total. The van der Waals surface area contributed by atoms with Crippen LogP contribution in [0.3, 0.4) is 0 Å². The van der Waals surface area contributed by atoms with Crippen LogP contribution in [0.5, 0.6) is 11.5 Å². The first-order valence-corrected chi connectivity index (χ1v) is 9.30. The summed E-state index contributed by atoms with van der Waals surface area (Å²) in [5.74, 6) is 0.768. The van der Waals surface area contributed by atoms with Crippen molar-refractivity contribution in [3.63, 3.8) is 0 Å². The van der Waals surface area contributed by atoms with Crippen LogP contribution in [-0.4, -0.2) is 19.6 Å². The zero-order valence-corrected chi connectivity index (χ0v) is 16.8. The lowest BCUT2D eigenvalue weighted by Gasteiger charge is -2.12. The van der Waals surface area contributed by atoms with Gasteiger partial charge in [0, 0.05) is 5.69 Å². The van der Waals surface area contributed by atoms with Crippen LogP contribution in [0.2, 0.25) is 0 Å². The molecule has 5 nitrogen and oxygen atoms in total. The lowest BCUT2D eigenvalue weighted by Crippen LogP contribution is -2.14. The van der Waals surface area contributed by atoms with Crippen LogP contribution in [0.25, 0.3) is 6.08 Å². The molecule has 0 heterocycles.